The lowest BCUT2D eigenvalue weighted by Crippen LogP contribution is -2.39. The molecule has 0 aliphatic carbocycles. The molecular formula is C14H24N2O3S. The maximum atomic E-state index is 12.4. The minimum atomic E-state index is -3.58. The van der Waals surface area contributed by atoms with Crippen LogP contribution in [0.15, 0.2) is 17.0 Å². The Kier molecular flexibility index (Phi) is 5.98. The smallest absolute Gasteiger partial charge is 0.244 e. The Morgan fingerprint density at radius 3 is 2.50 bits per heavy atom. The molecule has 0 aliphatic heterocycles. The van der Waals surface area contributed by atoms with Crippen molar-refractivity contribution in [3.05, 3.63) is 23.3 Å². The highest BCUT2D eigenvalue weighted by atomic mass is 32.2. The normalized spacial score (nSPS) is 13.2. The molecule has 114 valence electrons. The number of hydrogen-bond acceptors (Lipinski definition) is 4. The first-order valence-electron chi connectivity index (χ1n) is 6.70. The molecule has 0 radical (unpaired) electrons. The predicted molar refractivity (Wildman–Crippen MR) is 80.8 cm³/mol. The van der Waals surface area contributed by atoms with Gasteiger partial charge in [0.25, 0.3) is 0 Å². The molecule has 0 bridgehead atoms. The molecule has 0 saturated heterocycles. The first-order chi connectivity index (χ1) is 9.31. The second kappa shape index (κ2) is 7.06. The Balaban J connectivity index is 3.04. The molecule has 1 atom stereocenters. The van der Waals surface area contributed by atoms with Crippen molar-refractivity contribution in [3.8, 4) is 5.75 Å². The molecule has 5 nitrogen and oxygen atoms in total. The van der Waals surface area contributed by atoms with E-state index in [0.717, 1.165) is 12.1 Å². The molecule has 20 heavy (non-hydrogen) atoms. The van der Waals surface area contributed by atoms with Crippen molar-refractivity contribution in [2.45, 2.75) is 38.6 Å². The van der Waals surface area contributed by atoms with Crippen molar-refractivity contribution in [1.82, 2.24) is 10.0 Å². The van der Waals surface area contributed by atoms with Gasteiger partial charge in [0.1, 0.15) is 10.6 Å². The van der Waals surface area contributed by atoms with Crippen LogP contribution in [0.3, 0.4) is 0 Å². The third-order valence-corrected chi connectivity index (χ3v) is 4.61. The third-order valence-electron chi connectivity index (χ3n) is 3.01. The van der Waals surface area contributed by atoms with Gasteiger partial charge in [-0.15, -0.1) is 0 Å². The Morgan fingerprint density at radius 2 is 1.95 bits per heavy atom. The summed E-state index contributed by atoms with van der Waals surface area (Å²) in [6.07, 6.45) is 0. The van der Waals surface area contributed by atoms with Gasteiger partial charge in [-0.1, -0.05) is 13.0 Å². The Bertz CT molecular complexity index is 556. The average Bonchev–Trinajstić information content (AvgIpc) is 2.35. The lowest BCUT2D eigenvalue weighted by Gasteiger charge is -2.17. The number of ether oxygens (including phenoxy) is 1. The van der Waals surface area contributed by atoms with Crippen LogP contribution in [0.5, 0.6) is 5.75 Å². The summed E-state index contributed by atoms with van der Waals surface area (Å²) in [5.41, 5.74) is 1.66. The molecular weight excluding hydrogens is 276 g/mol. The molecule has 1 aromatic rings. The molecule has 0 spiro atoms. The molecule has 0 aromatic heterocycles. The Hall–Kier alpha value is -1.11. The van der Waals surface area contributed by atoms with E-state index in [1.54, 1.807) is 13.0 Å². The zero-order valence-electron chi connectivity index (χ0n) is 12.8. The maximum Gasteiger partial charge on any atom is 0.244 e. The van der Waals surface area contributed by atoms with Crippen LogP contribution in [0.1, 0.15) is 25.0 Å². The van der Waals surface area contributed by atoms with E-state index in [1.165, 1.54) is 7.11 Å². The van der Waals surface area contributed by atoms with Crippen LogP contribution in [0.4, 0.5) is 0 Å². The monoisotopic (exact) mass is 300 g/mol. The van der Waals surface area contributed by atoms with Gasteiger partial charge in [-0.3, -0.25) is 0 Å². The van der Waals surface area contributed by atoms with Crippen molar-refractivity contribution < 1.29 is 13.2 Å². The summed E-state index contributed by atoms with van der Waals surface area (Å²) in [4.78, 5) is 0.217. The minimum Gasteiger partial charge on any atom is -0.495 e. The number of hydrogen-bond donors (Lipinski definition) is 2. The summed E-state index contributed by atoms with van der Waals surface area (Å²) in [6.45, 7) is 8.75. The van der Waals surface area contributed by atoms with Crippen LogP contribution < -0.4 is 14.8 Å². The van der Waals surface area contributed by atoms with E-state index in [0.29, 0.717) is 17.9 Å². The maximum absolute atomic E-state index is 12.4. The van der Waals surface area contributed by atoms with Crippen LogP contribution in [-0.4, -0.2) is 34.7 Å². The Labute approximate surface area is 121 Å². The zero-order chi connectivity index (χ0) is 15.3. The SMILES string of the molecule is CCN[C@H](C)CNS(=O)(=O)c1c(C)cc(C)cc1OC. The molecule has 2 N–H and O–H groups in total. The van der Waals surface area contributed by atoms with E-state index in [4.69, 9.17) is 4.74 Å². The van der Waals surface area contributed by atoms with Crippen LogP contribution in [0.2, 0.25) is 0 Å². The van der Waals surface area contributed by atoms with E-state index in [1.807, 2.05) is 26.8 Å². The largest absolute Gasteiger partial charge is 0.495 e. The van der Waals surface area contributed by atoms with Gasteiger partial charge < -0.3 is 10.1 Å². The van der Waals surface area contributed by atoms with Gasteiger partial charge in [-0.2, -0.15) is 0 Å². The second-order valence-electron chi connectivity index (χ2n) is 4.92. The summed E-state index contributed by atoms with van der Waals surface area (Å²) in [6, 6.07) is 3.65. The summed E-state index contributed by atoms with van der Waals surface area (Å²) >= 11 is 0. The van der Waals surface area contributed by atoms with Crippen LogP contribution in [-0.2, 0) is 10.0 Å². The molecule has 0 aliphatic rings. The van der Waals surface area contributed by atoms with E-state index in [2.05, 4.69) is 10.0 Å². The highest BCUT2D eigenvalue weighted by molar-refractivity contribution is 7.89. The molecule has 0 heterocycles. The molecule has 1 aromatic carbocycles. The van der Waals surface area contributed by atoms with Gasteiger partial charge in [-0.25, -0.2) is 13.1 Å². The molecule has 0 fully saturated rings. The van der Waals surface area contributed by atoms with Gasteiger partial charge in [-0.05, 0) is 44.5 Å². The van der Waals surface area contributed by atoms with E-state index in [-0.39, 0.29) is 10.9 Å². The van der Waals surface area contributed by atoms with Crippen LogP contribution in [0, 0.1) is 13.8 Å². The van der Waals surface area contributed by atoms with Crippen LogP contribution >= 0.6 is 0 Å². The molecule has 0 saturated carbocycles. The topological polar surface area (TPSA) is 67.4 Å². The summed E-state index contributed by atoms with van der Waals surface area (Å²) in [5.74, 6) is 0.381. The number of aryl methyl sites for hydroxylation is 2. The second-order valence-corrected chi connectivity index (χ2v) is 6.63. The van der Waals surface area contributed by atoms with E-state index >= 15 is 0 Å². The summed E-state index contributed by atoms with van der Waals surface area (Å²) in [7, 11) is -2.10. The fourth-order valence-electron chi connectivity index (χ4n) is 2.14. The molecule has 0 unspecified atom stereocenters. The number of likely N-dealkylation sites (N-methyl/N-ethyl adjacent to an activating group) is 1. The summed E-state index contributed by atoms with van der Waals surface area (Å²) < 4.78 is 32.7. The highest BCUT2D eigenvalue weighted by Gasteiger charge is 2.22. The average molecular weight is 300 g/mol. The fraction of sp³-hybridized carbons (Fsp3) is 0.571. The highest BCUT2D eigenvalue weighted by Crippen LogP contribution is 2.28. The van der Waals surface area contributed by atoms with Gasteiger partial charge in [0.05, 0.1) is 7.11 Å². The van der Waals surface area contributed by atoms with Crippen molar-refractivity contribution in [2.24, 2.45) is 0 Å². The van der Waals surface area contributed by atoms with Gasteiger partial charge in [0.15, 0.2) is 0 Å². The fourth-order valence-corrected chi connectivity index (χ4v) is 3.64. The number of methoxy groups -OCH3 is 1. The van der Waals surface area contributed by atoms with Crippen LogP contribution in [0.25, 0.3) is 0 Å². The number of rotatable bonds is 7. The van der Waals surface area contributed by atoms with Crippen molar-refractivity contribution in [2.75, 3.05) is 20.2 Å². The van der Waals surface area contributed by atoms with Crippen molar-refractivity contribution >= 4 is 10.0 Å². The predicted octanol–water partition coefficient (Wildman–Crippen LogP) is 1.59. The van der Waals surface area contributed by atoms with Crippen molar-refractivity contribution in [1.29, 1.82) is 0 Å². The third kappa shape index (κ3) is 4.19. The minimum absolute atomic E-state index is 0.0755. The van der Waals surface area contributed by atoms with Gasteiger partial charge >= 0.3 is 0 Å². The number of benzene rings is 1. The molecule has 6 heteroatoms. The molecule has 0 amide bonds. The molecule has 1 rings (SSSR count). The first kappa shape index (κ1) is 16.9. The lowest BCUT2D eigenvalue weighted by atomic mass is 10.1. The first-order valence-corrected chi connectivity index (χ1v) is 8.18. The van der Waals surface area contributed by atoms with E-state index < -0.39 is 10.0 Å². The standard InChI is InChI=1S/C14H24N2O3S/c1-6-15-12(4)9-16-20(17,18)14-11(3)7-10(2)8-13(14)19-5/h7-8,12,15-16H,6,9H2,1-5H3/t12-/m1/s1. The number of sulfonamides is 1. The van der Waals surface area contributed by atoms with Gasteiger partial charge in [0.2, 0.25) is 10.0 Å². The lowest BCUT2D eigenvalue weighted by molar-refractivity contribution is 0.401. The van der Waals surface area contributed by atoms with E-state index in [9.17, 15) is 8.42 Å². The summed E-state index contributed by atoms with van der Waals surface area (Å²) in [5, 5.41) is 3.16. The quantitative estimate of drug-likeness (QED) is 0.802. The Morgan fingerprint density at radius 1 is 1.30 bits per heavy atom. The van der Waals surface area contributed by atoms with Crippen molar-refractivity contribution in [3.63, 3.8) is 0 Å². The number of nitrogens with one attached hydrogen (secondary N) is 2. The zero-order valence-corrected chi connectivity index (χ0v) is 13.6. The van der Waals surface area contributed by atoms with Gasteiger partial charge in [0, 0.05) is 12.6 Å².